The van der Waals surface area contributed by atoms with Crippen LogP contribution in [0.4, 0.5) is 0 Å². The Balaban J connectivity index is 1.74. The van der Waals surface area contributed by atoms with Crippen molar-refractivity contribution >= 4 is 45.6 Å². The van der Waals surface area contributed by atoms with E-state index < -0.39 is 5.97 Å². The van der Waals surface area contributed by atoms with Crippen LogP contribution in [0.3, 0.4) is 0 Å². The van der Waals surface area contributed by atoms with Crippen LogP contribution in [-0.2, 0) is 28.9 Å². The molecule has 3 rings (SSSR count). The zero-order chi connectivity index (χ0) is 20.8. The first-order valence-electron chi connectivity index (χ1n) is 8.62. The number of carbonyl (C=O) groups is 1. The molecule has 0 fully saturated rings. The number of nitrogens with zero attached hydrogens (tertiary/aromatic N) is 5. The molecule has 1 aromatic heterocycles. The first-order valence-corrected chi connectivity index (χ1v) is 10.6. The van der Waals surface area contributed by atoms with Crippen molar-refractivity contribution in [2.24, 2.45) is 10.3 Å². The van der Waals surface area contributed by atoms with Gasteiger partial charge in [-0.05, 0) is 40.1 Å². The first kappa shape index (κ1) is 21.2. The minimum atomic E-state index is -0.486. The van der Waals surface area contributed by atoms with Crippen molar-refractivity contribution in [1.82, 2.24) is 19.8 Å². The molecule has 29 heavy (non-hydrogen) atoms. The third kappa shape index (κ3) is 5.12. The van der Waals surface area contributed by atoms with Gasteiger partial charge in [0.15, 0.2) is 5.04 Å². The minimum absolute atomic E-state index is 0.181. The molecule has 0 aliphatic rings. The largest absolute Gasteiger partial charge is 0.456 e. The van der Waals surface area contributed by atoms with Crippen molar-refractivity contribution < 1.29 is 9.53 Å². The minimum Gasteiger partial charge on any atom is -0.456 e. The van der Waals surface area contributed by atoms with Crippen molar-refractivity contribution in [3.05, 3.63) is 75.7 Å². The van der Waals surface area contributed by atoms with Crippen LogP contribution in [0.1, 0.15) is 16.7 Å². The van der Waals surface area contributed by atoms with E-state index in [1.54, 1.807) is 36.0 Å². The summed E-state index contributed by atoms with van der Waals surface area (Å²) in [7, 11) is 1.54. The molecule has 0 aliphatic heterocycles. The zero-order valence-corrected chi connectivity index (χ0v) is 18.8. The maximum Gasteiger partial charge on any atom is 0.368 e. The van der Waals surface area contributed by atoms with Crippen LogP contribution in [0.5, 0.6) is 0 Å². The molecule has 0 spiro atoms. The van der Waals surface area contributed by atoms with Gasteiger partial charge in [0.2, 0.25) is 0 Å². The Bertz CT molecular complexity index is 1090. The molecule has 0 saturated heterocycles. The Kier molecular flexibility index (Phi) is 7.20. The number of aryl methyl sites for hydroxylation is 2. The highest BCUT2D eigenvalue weighted by molar-refractivity contribution is 14.1. The number of benzene rings is 2. The van der Waals surface area contributed by atoms with E-state index in [1.807, 2.05) is 49.4 Å². The van der Waals surface area contributed by atoms with Crippen LogP contribution in [0.2, 0.25) is 0 Å². The molecule has 0 unspecified atom stereocenters. The van der Waals surface area contributed by atoms with Gasteiger partial charge in [-0.3, -0.25) is 0 Å². The molecule has 0 amide bonds. The van der Waals surface area contributed by atoms with Gasteiger partial charge in [0, 0.05) is 12.8 Å². The molecule has 0 saturated carbocycles. The molecule has 2 aromatic carbocycles. The third-order valence-corrected chi connectivity index (χ3v) is 5.93. The zero-order valence-electron chi connectivity index (χ0n) is 15.8. The van der Waals surface area contributed by atoms with Crippen molar-refractivity contribution in [1.29, 1.82) is 0 Å². The quantitative estimate of drug-likeness (QED) is 0.221. The van der Waals surface area contributed by atoms with Crippen LogP contribution in [-0.4, -0.2) is 30.8 Å². The highest BCUT2D eigenvalue weighted by Crippen LogP contribution is 2.24. The van der Waals surface area contributed by atoms with E-state index in [9.17, 15) is 9.59 Å². The lowest BCUT2D eigenvalue weighted by Gasteiger charge is -2.12. The molecule has 0 bridgehead atoms. The van der Waals surface area contributed by atoms with Crippen LogP contribution in [0, 0.1) is 6.92 Å². The lowest BCUT2D eigenvalue weighted by Crippen LogP contribution is -2.23. The molecular formula is C19H18IN5O3S. The highest BCUT2D eigenvalue weighted by atomic mass is 127. The summed E-state index contributed by atoms with van der Waals surface area (Å²) >= 11 is 3.04. The fourth-order valence-electron chi connectivity index (χ4n) is 2.58. The summed E-state index contributed by atoms with van der Waals surface area (Å²) in [5.41, 5.74) is 3.03. The Hall–Kier alpha value is -2.47. The van der Waals surface area contributed by atoms with Gasteiger partial charge < -0.3 is 4.74 Å². The van der Waals surface area contributed by atoms with Crippen molar-refractivity contribution in [2.75, 3.05) is 0 Å². The second-order valence-corrected chi connectivity index (χ2v) is 7.56. The summed E-state index contributed by atoms with van der Waals surface area (Å²) < 4.78 is 11.8. The summed E-state index contributed by atoms with van der Waals surface area (Å²) in [5.74, 6) is -0.0622. The molecule has 3 aromatic rings. The van der Waals surface area contributed by atoms with Crippen molar-refractivity contribution in [3.63, 3.8) is 0 Å². The van der Waals surface area contributed by atoms with E-state index >= 15 is 0 Å². The number of esters is 1. The van der Waals surface area contributed by atoms with Gasteiger partial charge >= 0.3 is 11.7 Å². The smallest absolute Gasteiger partial charge is 0.368 e. The summed E-state index contributed by atoms with van der Waals surface area (Å²) in [6.45, 7) is 2.12. The van der Waals surface area contributed by atoms with Gasteiger partial charge in [-0.15, -0.1) is 0 Å². The number of ether oxygens (including phenoxy) is 1. The predicted molar refractivity (Wildman–Crippen MR) is 120 cm³/mol. The molecule has 0 radical (unpaired) electrons. The molecular weight excluding hydrogens is 505 g/mol. The second kappa shape index (κ2) is 9.83. The fraction of sp³-hybridized carbons (Fsp3) is 0.211. The molecule has 0 aliphatic carbocycles. The number of hydrogen-bond donors (Lipinski definition) is 0. The van der Waals surface area contributed by atoms with Gasteiger partial charge in [-0.1, -0.05) is 54.2 Å². The Morgan fingerprint density at radius 3 is 2.59 bits per heavy atom. The lowest BCUT2D eigenvalue weighted by molar-refractivity contribution is -0.136. The SMILES string of the molecule is Cc1cccc(-n2nnn(C)c2=O)c1CSC(=NI)C(=O)OCc1ccccc1. The number of thioether (sulfide) groups is 1. The van der Waals surface area contributed by atoms with Crippen LogP contribution in [0.25, 0.3) is 5.69 Å². The van der Waals surface area contributed by atoms with Gasteiger partial charge in [-0.25, -0.2) is 12.8 Å². The number of tetrazole rings is 1. The van der Waals surface area contributed by atoms with E-state index in [0.29, 0.717) is 11.4 Å². The van der Waals surface area contributed by atoms with E-state index in [-0.39, 0.29) is 17.3 Å². The Labute approximate surface area is 185 Å². The third-order valence-electron chi connectivity index (χ3n) is 4.15. The second-order valence-electron chi connectivity index (χ2n) is 6.11. The van der Waals surface area contributed by atoms with E-state index in [0.717, 1.165) is 21.4 Å². The van der Waals surface area contributed by atoms with Gasteiger partial charge in [0.25, 0.3) is 0 Å². The maximum atomic E-state index is 12.4. The lowest BCUT2D eigenvalue weighted by atomic mass is 10.1. The number of hydrogen-bond acceptors (Lipinski definition) is 7. The standard InChI is InChI=1S/C19H18IN5O3S/c1-13-7-6-10-16(25-19(27)24(2)22-23-25)15(13)12-29-17(21-20)18(26)28-11-14-8-4-3-5-9-14/h3-10H,11-12H2,1-2H3. The van der Waals surface area contributed by atoms with Gasteiger partial charge in [0.1, 0.15) is 6.61 Å². The first-order chi connectivity index (χ1) is 14.0. The van der Waals surface area contributed by atoms with E-state index in [2.05, 4.69) is 13.6 Å². The van der Waals surface area contributed by atoms with Crippen molar-refractivity contribution in [3.8, 4) is 5.69 Å². The molecule has 10 heteroatoms. The molecule has 1 heterocycles. The van der Waals surface area contributed by atoms with Gasteiger partial charge in [-0.2, -0.15) is 9.36 Å². The van der Waals surface area contributed by atoms with Crippen LogP contribution < -0.4 is 5.69 Å². The normalized spacial score (nSPS) is 11.5. The maximum absolute atomic E-state index is 12.4. The topological polar surface area (TPSA) is 91.4 Å². The average molecular weight is 523 g/mol. The molecule has 0 atom stereocenters. The van der Waals surface area contributed by atoms with Gasteiger partial charge in [0.05, 0.1) is 28.6 Å². The van der Waals surface area contributed by atoms with Crippen LogP contribution >= 0.6 is 34.6 Å². The Morgan fingerprint density at radius 2 is 1.93 bits per heavy atom. The monoisotopic (exact) mass is 523 g/mol. The van der Waals surface area contributed by atoms with Crippen molar-refractivity contribution in [2.45, 2.75) is 19.3 Å². The Morgan fingerprint density at radius 1 is 1.17 bits per heavy atom. The fourth-order valence-corrected chi connectivity index (χ4v) is 4.08. The van der Waals surface area contributed by atoms with Crippen LogP contribution in [0.15, 0.2) is 56.5 Å². The average Bonchev–Trinajstić information content (AvgIpc) is 3.07. The number of rotatable bonds is 5. The summed E-state index contributed by atoms with van der Waals surface area (Å²) in [5, 5.41) is 7.94. The number of carbonyl (C=O) groups excluding carboxylic acids is 1. The number of halogens is 1. The molecule has 0 N–H and O–H groups in total. The van der Waals surface area contributed by atoms with E-state index in [1.165, 1.54) is 16.4 Å². The molecule has 8 nitrogen and oxygen atoms in total. The molecule has 150 valence electrons. The summed E-state index contributed by atoms with van der Waals surface area (Å²) in [6, 6.07) is 15.0. The summed E-state index contributed by atoms with van der Waals surface area (Å²) in [6.07, 6.45) is 0. The predicted octanol–water partition coefficient (Wildman–Crippen LogP) is 3.00. The number of aromatic nitrogens is 4. The summed E-state index contributed by atoms with van der Waals surface area (Å²) in [4.78, 5) is 24.7. The van der Waals surface area contributed by atoms with E-state index in [4.69, 9.17) is 4.74 Å². The highest BCUT2D eigenvalue weighted by Gasteiger charge is 2.18.